The van der Waals surface area contributed by atoms with Gasteiger partial charge in [0.05, 0.1) is 13.1 Å². The summed E-state index contributed by atoms with van der Waals surface area (Å²) in [5.74, 6) is -0.554. The molecule has 0 spiro atoms. The molecule has 2 aliphatic rings. The number of likely N-dealkylation sites (N-methyl/N-ethyl adjacent to an activating group) is 2. The molecule has 2 heterocycles. The third kappa shape index (κ3) is 2.11. The fraction of sp³-hybridized carbons (Fsp3) is 0.727. The van der Waals surface area contributed by atoms with Crippen LogP contribution in [0.15, 0.2) is 0 Å². The number of nitrogens with zero attached hydrogens (tertiary/aromatic N) is 3. The molecule has 2 aliphatic heterocycles. The van der Waals surface area contributed by atoms with E-state index < -0.39 is 6.17 Å². The normalized spacial score (nSPS) is 31.2. The van der Waals surface area contributed by atoms with Crippen LogP contribution in [0.4, 0.5) is 0 Å². The molecule has 0 aromatic rings. The van der Waals surface area contributed by atoms with Crippen molar-refractivity contribution in [3.63, 3.8) is 0 Å². The highest BCUT2D eigenvalue weighted by Gasteiger charge is 2.40. The maximum absolute atomic E-state index is 12.0. The number of carbonyl (C=O) groups is 3. The highest BCUT2D eigenvalue weighted by atomic mass is 16.2. The van der Waals surface area contributed by atoms with Crippen LogP contribution in [0.3, 0.4) is 0 Å². The fourth-order valence-electron chi connectivity index (χ4n) is 2.34. The molecule has 0 saturated carbocycles. The van der Waals surface area contributed by atoms with Gasteiger partial charge >= 0.3 is 0 Å². The number of rotatable bonds is 1. The molecular weight excluding hydrogens is 236 g/mol. The van der Waals surface area contributed by atoms with Crippen LogP contribution >= 0.6 is 0 Å². The molecule has 0 radical (unpaired) electrons. The third-order valence-electron chi connectivity index (χ3n) is 3.56. The lowest BCUT2D eigenvalue weighted by molar-refractivity contribution is -0.155. The van der Waals surface area contributed by atoms with Crippen molar-refractivity contribution in [2.24, 2.45) is 0 Å². The molecule has 3 amide bonds. The van der Waals surface area contributed by atoms with E-state index in [1.807, 2.05) is 11.8 Å². The maximum Gasteiger partial charge on any atom is 0.261 e. The van der Waals surface area contributed by atoms with Gasteiger partial charge in [-0.3, -0.25) is 29.5 Å². The first kappa shape index (κ1) is 13.0. The Kier molecular flexibility index (Phi) is 3.36. The largest absolute Gasteiger partial charge is 0.343 e. The molecule has 2 saturated heterocycles. The van der Waals surface area contributed by atoms with Crippen LogP contribution in [0.25, 0.3) is 0 Å². The topological polar surface area (TPSA) is 73.0 Å². The molecule has 0 aromatic carbocycles. The SMILES string of the molecule is CC1CN(C)C(=O)CN1C1NCC(=O)N(C)C1=O. The van der Waals surface area contributed by atoms with Gasteiger partial charge in [-0.1, -0.05) is 0 Å². The second-order valence-electron chi connectivity index (χ2n) is 4.87. The predicted octanol–water partition coefficient (Wildman–Crippen LogP) is -1.94. The van der Waals surface area contributed by atoms with E-state index in [1.54, 1.807) is 11.9 Å². The lowest BCUT2D eigenvalue weighted by Gasteiger charge is -2.43. The van der Waals surface area contributed by atoms with Gasteiger partial charge in [-0.15, -0.1) is 0 Å². The summed E-state index contributed by atoms with van der Waals surface area (Å²) >= 11 is 0. The number of hydrogen-bond acceptors (Lipinski definition) is 5. The van der Waals surface area contributed by atoms with Crippen molar-refractivity contribution in [3.8, 4) is 0 Å². The summed E-state index contributed by atoms with van der Waals surface area (Å²) in [6, 6.07) is 0.0794. The first-order chi connectivity index (χ1) is 8.41. The molecule has 7 heteroatoms. The van der Waals surface area contributed by atoms with Crippen molar-refractivity contribution in [1.82, 2.24) is 20.0 Å². The molecule has 100 valence electrons. The smallest absolute Gasteiger partial charge is 0.261 e. The van der Waals surface area contributed by atoms with E-state index >= 15 is 0 Å². The number of imide groups is 1. The highest BCUT2D eigenvalue weighted by molar-refractivity contribution is 6.00. The monoisotopic (exact) mass is 254 g/mol. The molecule has 1 N–H and O–H groups in total. The van der Waals surface area contributed by atoms with Crippen molar-refractivity contribution < 1.29 is 14.4 Å². The van der Waals surface area contributed by atoms with Gasteiger partial charge in [-0.2, -0.15) is 0 Å². The van der Waals surface area contributed by atoms with Gasteiger partial charge in [-0.05, 0) is 6.92 Å². The minimum absolute atomic E-state index is 0.0118. The van der Waals surface area contributed by atoms with Crippen LogP contribution in [0.5, 0.6) is 0 Å². The lowest BCUT2D eigenvalue weighted by Crippen LogP contribution is -2.68. The average molecular weight is 254 g/mol. The quantitative estimate of drug-likeness (QED) is 0.551. The van der Waals surface area contributed by atoms with Gasteiger partial charge in [-0.25, -0.2) is 0 Å². The predicted molar refractivity (Wildman–Crippen MR) is 63.4 cm³/mol. The first-order valence-corrected chi connectivity index (χ1v) is 5.95. The standard InChI is InChI=1S/C11H18N4O3/c1-7-5-13(2)9(17)6-15(7)10-11(18)14(3)8(16)4-12-10/h7,10,12H,4-6H2,1-3H3. The Balaban J connectivity index is 2.14. The molecule has 2 unspecified atom stereocenters. The molecule has 0 aliphatic carbocycles. The molecule has 0 bridgehead atoms. The fourth-order valence-corrected chi connectivity index (χ4v) is 2.34. The number of amides is 3. The number of carbonyl (C=O) groups excluding carboxylic acids is 3. The van der Waals surface area contributed by atoms with Crippen LogP contribution in [-0.2, 0) is 14.4 Å². The summed E-state index contributed by atoms with van der Waals surface area (Å²) in [5.41, 5.74) is 0. The number of nitrogens with one attached hydrogen (secondary N) is 1. The second kappa shape index (κ2) is 4.66. The van der Waals surface area contributed by atoms with E-state index in [0.29, 0.717) is 6.54 Å². The Morgan fingerprint density at radius 2 is 1.83 bits per heavy atom. The Labute approximate surface area is 106 Å². The summed E-state index contributed by atoms with van der Waals surface area (Å²) in [5, 5.41) is 2.90. The van der Waals surface area contributed by atoms with Crippen LogP contribution in [0, 0.1) is 0 Å². The first-order valence-electron chi connectivity index (χ1n) is 5.95. The van der Waals surface area contributed by atoms with Crippen LogP contribution in [0.1, 0.15) is 6.92 Å². The van der Waals surface area contributed by atoms with E-state index in [1.165, 1.54) is 7.05 Å². The van der Waals surface area contributed by atoms with E-state index in [-0.39, 0.29) is 36.9 Å². The van der Waals surface area contributed by atoms with Gasteiger partial charge < -0.3 is 4.90 Å². The van der Waals surface area contributed by atoms with Gasteiger partial charge in [0, 0.05) is 26.7 Å². The van der Waals surface area contributed by atoms with E-state index in [4.69, 9.17) is 0 Å². The highest BCUT2D eigenvalue weighted by Crippen LogP contribution is 2.15. The van der Waals surface area contributed by atoms with Gasteiger partial charge in [0.25, 0.3) is 5.91 Å². The lowest BCUT2D eigenvalue weighted by atomic mass is 10.1. The average Bonchev–Trinajstić information content (AvgIpc) is 2.32. The Bertz CT molecular complexity index is 398. The molecule has 2 atom stereocenters. The zero-order chi connectivity index (χ0) is 13.4. The zero-order valence-corrected chi connectivity index (χ0v) is 10.8. The van der Waals surface area contributed by atoms with E-state index in [0.717, 1.165) is 4.90 Å². The minimum atomic E-state index is -0.583. The van der Waals surface area contributed by atoms with Crippen LogP contribution in [-0.4, -0.2) is 78.4 Å². The Morgan fingerprint density at radius 1 is 1.17 bits per heavy atom. The van der Waals surface area contributed by atoms with Crippen LogP contribution < -0.4 is 5.32 Å². The molecule has 18 heavy (non-hydrogen) atoms. The van der Waals surface area contributed by atoms with Crippen molar-refractivity contribution in [3.05, 3.63) is 0 Å². The zero-order valence-electron chi connectivity index (χ0n) is 10.8. The van der Waals surface area contributed by atoms with E-state index in [9.17, 15) is 14.4 Å². The molecular formula is C11H18N4O3. The Hall–Kier alpha value is -1.47. The van der Waals surface area contributed by atoms with Gasteiger partial charge in [0.2, 0.25) is 11.8 Å². The Morgan fingerprint density at radius 3 is 2.50 bits per heavy atom. The maximum atomic E-state index is 12.0. The van der Waals surface area contributed by atoms with Crippen molar-refractivity contribution in [1.29, 1.82) is 0 Å². The minimum Gasteiger partial charge on any atom is -0.343 e. The summed E-state index contributed by atoms with van der Waals surface area (Å²) in [6.45, 7) is 2.87. The van der Waals surface area contributed by atoms with Gasteiger partial charge in [0.1, 0.15) is 6.17 Å². The second-order valence-corrected chi connectivity index (χ2v) is 4.87. The number of hydrogen-bond donors (Lipinski definition) is 1. The van der Waals surface area contributed by atoms with Crippen molar-refractivity contribution >= 4 is 17.7 Å². The van der Waals surface area contributed by atoms with Crippen molar-refractivity contribution in [2.45, 2.75) is 19.1 Å². The third-order valence-corrected chi connectivity index (χ3v) is 3.56. The van der Waals surface area contributed by atoms with Crippen molar-refractivity contribution in [2.75, 3.05) is 33.7 Å². The summed E-state index contributed by atoms with van der Waals surface area (Å²) < 4.78 is 0. The van der Waals surface area contributed by atoms with Gasteiger partial charge in [0.15, 0.2) is 0 Å². The number of piperazine rings is 2. The molecule has 0 aromatic heterocycles. The molecule has 2 fully saturated rings. The molecule has 7 nitrogen and oxygen atoms in total. The summed E-state index contributed by atoms with van der Waals surface area (Å²) in [7, 11) is 3.23. The van der Waals surface area contributed by atoms with Crippen LogP contribution in [0.2, 0.25) is 0 Å². The van der Waals surface area contributed by atoms with E-state index in [2.05, 4.69) is 5.32 Å². The summed E-state index contributed by atoms with van der Waals surface area (Å²) in [4.78, 5) is 39.7. The molecule has 2 rings (SSSR count). The summed E-state index contributed by atoms with van der Waals surface area (Å²) in [6.07, 6.45) is -0.583.